The predicted molar refractivity (Wildman–Crippen MR) is 112 cm³/mol. The van der Waals surface area contributed by atoms with Crippen LogP contribution in [0, 0.1) is 0 Å². The highest BCUT2D eigenvalue weighted by atomic mass is 35.5. The number of para-hydroxylation sites is 3. The molecule has 2 aromatic heterocycles. The highest BCUT2D eigenvalue weighted by Gasteiger charge is 2.13. The minimum atomic E-state index is -0.191. The van der Waals surface area contributed by atoms with Crippen LogP contribution in [0.5, 0.6) is 5.75 Å². The third kappa shape index (κ3) is 4.38. The lowest BCUT2D eigenvalue weighted by atomic mass is 10.3. The molecule has 0 aliphatic rings. The largest absolute Gasteiger partial charge is 0.490 e. The molecule has 4 rings (SSSR count). The van der Waals surface area contributed by atoms with E-state index >= 15 is 0 Å². The van der Waals surface area contributed by atoms with E-state index in [-0.39, 0.29) is 5.91 Å². The summed E-state index contributed by atoms with van der Waals surface area (Å²) in [7, 11) is 0. The quantitative estimate of drug-likeness (QED) is 0.501. The number of pyridine rings is 1. The van der Waals surface area contributed by atoms with Crippen LogP contribution < -0.4 is 10.1 Å². The van der Waals surface area contributed by atoms with Gasteiger partial charge in [-0.2, -0.15) is 0 Å². The minimum Gasteiger partial charge on any atom is -0.490 e. The zero-order valence-corrected chi connectivity index (χ0v) is 16.3. The van der Waals surface area contributed by atoms with Crippen molar-refractivity contribution in [2.75, 3.05) is 6.61 Å². The smallest absolute Gasteiger partial charge is 0.253 e. The molecule has 2 aromatic carbocycles. The van der Waals surface area contributed by atoms with Crippen molar-refractivity contribution >= 4 is 28.5 Å². The number of hydrogen-bond acceptors (Lipinski definition) is 4. The first-order valence-electron chi connectivity index (χ1n) is 9.22. The molecule has 0 fully saturated rings. The zero-order valence-electron chi connectivity index (χ0n) is 15.6. The lowest BCUT2D eigenvalue weighted by Crippen LogP contribution is -2.25. The van der Waals surface area contributed by atoms with Crippen LogP contribution in [-0.4, -0.2) is 27.0 Å². The van der Waals surface area contributed by atoms with Crippen LogP contribution in [0.25, 0.3) is 11.0 Å². The van der Waals surface area contributed by atoms with Crippen molar-refractivity contribution < 1.29 is 9.53 Å². The lowest BCUT2D eigenvalue weighted by molar-refractivity contribution is 0.0949. The van der Waals surface area contributed by atoms with E-state index in [1.54, 1.807) is 24.4 Å². The minimum absolute atomic E-state index is 0.191. The Labute approximate surface area is 173 Å². The molecule has 0 unspecified atom stereocenters. The average molecular weight is 407 g/mol. The van der Waals surface area contributed by atoms with Gasteiger partial charge in [0.05, 0.1) is 34.7 Å². The molecular weight excluding hydrogens is 388 g/mol. The monoisotopic (exact) mass is 406 g/mol. The fourth-order valence-corrected chi connectivity index (χ4v) is 3.27. The number of carbonyl (C=O) groups excluding carboxylic acids is 1. The molecule has 7 heteroatoms. The molecular formula is C22H19ClN4O2. The van der Waals surface area contributed by atoms with E-state index in [9.17, 15) is 4.79 Å². The number of aromatic nitrogens is 3. The Morgan fingerprint density at radius 3 is 2.72 bits per heavy atom. The van der Waals surface area contributed by atoms with Gasteiger partial charge in [-0.1, -0.05) is 35.9 Å². The fourth-order valence-electron chi connectivity index (χ4n) is 3.08. The van der Waals surface area contributed by atoms with E-state index < -0.39 is 0 Å². The number of benzene rings is 2. The highest BCUT2D eigenvalue weighted by Crippen LogP contribution is 2.23. The number of nitrogens with zero attached hydrogens (tertiary/aromatic N) is 3. The Balaban J connectivity index is 1.50. The molecule has 29 heavy (non-hydrogen) atoms. The number of hydrogen-bond donors (Lipinski definition) is 1. The van der Waals surface area contributed by atoms with Crippen molar-refractivity contribution in [3.8, 4) is 5.75 Å². The first-order chi connectivity index (χ1) is 14.2. The maximum atomic E-state index is 12.4. The van der Waals surface area contributed by atoms with E-state index in [1.165, 1.54) is 6.20 Å². The highest BCUT2D eigenvalue weighted by molar-refractivity contribution is 6.32. The van der Waals surface area contributed by atoms with Crippen molar-refractivity contribution in [1.29, 1.82) is 0 Å². The van der Waals surface area contributed by atoms with Crippen molar-refractivity contribution in [3.05, 3.63) is 89.5 Å². The summed E-state index contributed by atoms with van der Waals surface area (Å²) in [6.45, 7) is 1.30. The van der Waals surface area contributed by atoms with Crippen LogP contribution in [0.3, 0.4) is 0 Å². The van der Waals surface area contributed by atoms with Gasteiger partial charge >= 0.3 is 0 Å². The number of imidazole rings is 1. The lowest BCUT2D eigenvalue weighted by Gasteiger charge is -2.12. The first-order valence-corrected chi connectivity index (χ1v) is 9.60. The molecule has 4 aromatic rings. The number of fused-ring (bicyclic) bond motifs is 1. The third-order valence-corrected chi connectivity index (χ3v) is 4.79. The van der Waals surface area contributed by atoms with Gasteiger partial charge in [0.2, 0.25) is 0 Å². The maximum absolute atomic E-state index is 12.4. The molecule has 0 spiro atoms. The SMILES string of the molecule is O=C(NCc1nc2ccccc2n1CCOc1ccccc1Cl)c1cccnc1. The summed E-state index contributed by atoms with van der Waals surface area (Å²) in [5.74, 6) is 1.21. The third-order valence-electron chi connectivity index (χ3n) is 4.47. The van der Waals surface area contributed by atoms with Gasteiger partial charge < -0.3 is 14.6 Å². The van der Waals surface area contributed by atoms with Crippen LogP contribution in [-0.2, 0) is 13.1 Å². The Morgan fingerprint density at radius 2 is 1.90 bits per heavy atom. The van der Waals surface area contributed by atoms with Crippen molar-refractivity contribution in [2.45, 2.75) is 13.1 Å². The second kappa shape index (κ2) is 8.75. The normalized spacial score (nSPS) is 10.8. The number of amides is 1. The second-order valence-electron chi connectivity index (χ2n) is 6.37. The predicted octanol–water partition coefficient (Wildman–Crippen LogP) is 4.09. The second-order valence-corrected chi connectivity index (χ2v) is 6.78. The molecule has 0 aliphatic heterocycles. The van der Waals surface area contributed by atoms with Crippen LogP contribution in [0.1, 0.15) is 16.2 Å². The van der Waals surface area contributed by atoms with E-state index in [2.05, 4.69) is 19.9 Å². The molecule has 146 valence electrons. The first kappa shape index (κ1) is 19.0. The standard InChI is InChI=1S/C22H19ClN4O2/c23-17-7-1-4-10-20(17)29-13-12-27-19-9-3-2-8-18(19)26-21(27)15-25-22(28)16-6-5-11-24-14-16/h1-11,14H,12-13,15H2,(H,25,28). The van der Waals surface area contributed by atoms with Crippen molar-refractivity contribution in [2.24, 2.45) is 0 Å². The van der Waals surface area contributed by atoms with Gasteiger partial charge in [0, 0.05) is 12.4 Å². The van der Waals surface area contributed by atoms with Crippen LogP contribution >= 0.6 is 11.6 Å². The van der Waals surface area contributed by atoms with Crippen LogP contribution in [0.15, 0.2) is 73.1 Å². The van der Waals surface area contributed by atoms with E-state index in [1.807, 2.05) is 42.5 Å². The number of ether oxygens (including phenoxy) is 1. The van der Waals surface area contributed by atoms with Crippen molar-refractivity contribution in [1.82, 2.24) is 19.9 Å². The molecule has 6 nitrogen and oxygen atoms in total. The van der Waals surface area contributed by atoms with Crippen LogP contribution in [0.4, 0.5) is 0 Å². The molecule has 1 N–H and O–H groups in total. The molecule has 0 saturated carbocycles. The van der Waals surface area contributed by atoms with Gasteiger partial charge in [0.25, 0.3) is 5.91 Å². The summed E-state index contributed by atoms with van der Waals surface area (Å²) in [6, 6.07) is 18.7. The van der Waals surface area contributed by atoms with Gasteiger partial charge in [0.1, 0.15) is 18.2 Å². The van der Waals surface area contributed by atoms with Gasteiger partial charge in [-0.25, -0.2) is 4.98 Å². The summed E-state index contributed by atoms with van der Waals surface area (Å²) >= 11 is 6.16. The molecule has 2 heterocycles. The van der Waals surface area contributed by atoms with Gasteiger partial charge in [-0.3, -0.25) is 9.78 Å². The Bertz CT molecular complexity index is 1130. The fraction of sp³-hybridized carbons (Fsp3) is 0.136. The van der Waals surface area contributed by atoms with Gasteiger partial charge in [-0.15, -0.1) is 0 Å². The van der Waals surface area contributed by atoms with E-state index in [4.69, 9.17) is 16.3 Å². The van der Waals surface area contributed by atoms with E-state index in [0.717, 1.165) is 16.9 Å². The number of nitrogens with one attached hydrogen (secondary N) is 1. The molecule has 0 atom stereocenters. The number of halogens is 1. The van der Waals surface area contributed by atoms with E-state index in [0.29, 0.717) is 36.0 Å². The van der Waals surface area contributed by atoms with Crippen LogP contribution in [0.2, 0.25) is 5.02 Å². The Hall–Kier alpha value is -3.38. The molecule has 1 amide bonds. The summed E-state index contributed by atoms with van der Waals surface area (Å²) in [4.78, 5) is 21.0. The summed E-state index contributed by atoms with van der Waals surface area (Å²) < 4.78 is 7.88. The molecule has 0 radical (unpaired) electrons. The van der Waals surface area contributed by atoms with Crippen molar-refractivity contribution in [3.63, 3.8) is 0 Å². The Morgan fingerprint density at radius 1 is 1.07 bits per heavy atom. The van der Waals surface area contributed by atoms with Gasteiger partial charge in [-0.05, 0) is 36.4 Å². The zero-order chi connectivity index (χ0) is 20.1. The molecule has 0 saturated heterocycles. The average Bonchev–Trinajstić information content (AvgIpc) is 3.11. The van der Waals surface area contributed by atoms with Gasteiger partial charge in [0.15, 0.2) is 0 Å². The topological polar surface area (TPSA) is 69.0 Å². The summed E-state index contributed by atoms with van der Waals surface area (Å²) in [6.07, 6.45) is 3.17. The summed E-state index contributed by atoms with van der Waals surface area (Å²) in [5.41, 5.74) is 2.37. The Kier molecular flexibility index (Phi) is 5.72. The maximum Gasteiger partial charge on any atom is 0.253 e. The molecule has 0 aliphatic carbocycles. The number of rotatable bonds is 7. The summed E-state index contributed by atoms with van der Waals surface area (Å²) in [5, 5.41) is 3.49. The number of carbonyl (C=O) groups is 1. The molecule has 0 bridgehead atoms.